The summed E-state index contributed by atoms with van der Waals surface area (Å²) in [6, 6.07) is 16.1. The number of para-hydroxylation sites is 2. The number of anilines is 1. The fourth-order valence-electron chi connectivity index (χ4n) is 5.47. The van der Waals surface area contributed by atoms with E-state index in [9.17, 15) is 9.59 Å². The summed E-state index contributed by atoms with van der Waals surface area (Å²) in [5.41, 5.74) is 2.75. The minimum Gasteiger partial charge on any atom is -0.485 e. The zero-order valence-corrected chi connectivity index (χ0v) is 19.6. The second kappa shape index (κ2) is 6.71. The van der Waals surface area contributed by atoms with E-state index >= 15 is 0 Å². The van der Waals surface area contributed by atoms with Gasteiger partial charge in [0, 0.05) is 41.8 Å². The molecule has 1 aromatic heterocycles. The highest BCUT2D eigenvalue weighted by atomic mass is 16.5. The standard InChI is InChI=1S/C27H30N2O3/c1-16(30)29-21-14-10-8-12-18(21)24-23(29)22-17-11-7-9-13-20(17)28(25(31)26(2,3)4)15-19(22)27(5,6)32-24/h7-14,19,22H,15H2,1-6H3/t19-,22+/m1/s1. The van der Waals surface area contributed by atoms with Gasteiger partial charge in [-0.05, 0) is 37.6 Å². The van der Waals surface area contributed by atoms with Gasteiger partial charge in [0.2, 0.25) is 11.8 Å². The van der Waals surface area contributed by atoms with E-state index in [0.29, 0.717) is 6.54 Å². The van der Waals surface area contributed by atoms with Crippen LogP contribution in [0.25, 0.3) is 10.9 Å². The van der Waals surface area contributed by atoms with Crippen molar-refractivity contribution in [2.75, 3.05) is 11.4 Å². The average molecular weight is 431 g/mol. The smallest absolute Gasteiger partial charge is 0.232 e. The van der Waals surface area contributed by atoms with Crippen LogP contribution in [0, 0.1) is 11.3 Å². The number of nitrogens with zero attached hydrogens (tertiary/aromatic N) is 2. The highest BCUT2D eigenvalue weighted by Gasteiger charge is 2.52. The Labute approximate surface area is 189 Å². The van der Waals surface area contributed by atoms with Crippen LogP contribution < -0.4 is 9.64 Å². The number of benzene rings is 2. The minimum absolute atomic E-state index is 0.00128. The molecule has 1 amide bonds. The molecule has 2 aliphatic heterocycles. The molecule has 3 heterocycles. The summed E-state index contributed by atoms with van der Waals surface area (Å²) in [5, 5.41) is 0.954. The molecular formula is C27H30N2O3. The van der Waals surface area contributed by atoms with E-state index in [2.05, 4.69) is 19.9 Å². The molecule has 0 spiro atoms. The van der Waals surface area contributed by atoms with Crippen molar-refractivity contribution in [3.05, 3.63) is 59.8 Å². The average Bonchev–Trinajstić information content (AvgIpc) is 3.05. The first-order chi connectivity index (χ1) is 15.0. The third kappa shape index (κ3) is 2.83. The Kier molecular flexibility index (Phi) is 4.36. The Morgan fingerprint density at radius 1 is 1.03 bits per heavy atom. The molecule has 0 aliphatic carbocycles. The van der Waals surface area contributed by atoms with Crippen molar-refractivity contribution in [3.63, 3.8) is 0 Å². The number of rotatable bonds is 0. The van der Waals surface area contributed by atoms with Gasteiger partial charge >= 0.3 is 0 Å². The van der Waals surface area contributed by atoms with Crippen LogP contribution in [0.1, 0.15) is 63.5 Å². The summed E-state index contributed by atoms with van der Waals surface area (Å²) in [7, 11) is 0. The summed E-state index contributed by atoms with van der Waals surface area (Å²) in [4.78, 5) is 28.3. The Morgan fingerprint density at radius 3 is 2.38 bits per heavy atom. The van der Waals surface area contributed by atoms with Gasteiger partial charge in [-0.1, -0.05) is 51.1 Å². The van der Waals surface area contributed by atoms with Crippen molar-refractivity contribution in [1.29, 1.82) is 0 Å². The topological polar surface area (TPSA) is 51.5 Å². The fourth-order valence-corrected chi connectivity index (χ4v) is 5.47. The van der Waals surface area contributed by atoms with E-state index in [0.717, 1.165) is 33.6 Å². The van der Waals surface area contributed by atoms with Crippen molar-refractivity contribution in [2.24, 2.45) is 11.3 Å². The predicted octanol–water partition coefficient (Wildman–Crippen LogP) is 5.61. The number of carbonyl (C=O) groups is 2. The van der Waals surface area contributed by atoms with E-state index in [1.54, 1.807) is 6.92 Å². The van der Waals surface area contributed by atoms with Gasteiger partial charge in [0.15, 0.2) is 0 Å². The molecule has 0 saturated carbocycles. The number of hydrogen-bond acceptors (Lipinski definition) is 3. The molecule has 0 N–H and O–H groups in total. The SMILES string of the molecule is CC(=O)n1c2c(c3ccccc31)OC(C)(C)[C@@H]1CN(C(=O)C(C)(C)C)c3ccccc3[C@H]21. The summed E-state index contributed by atoms with van der Waals surface area (Å²) in [5.74, 6) is 0.795. The second-order valence-electron chi connectivity index (χ2n) is 10.6. The highest BCUT2D eigenvalue weighted by Crippen LogP contribution is 2.56. The molecule has 0 saturated heterocycles. The van der Waals surface area contributed by atoms with E-state index in [4.69, 9.17) is 4.74 Å². The molecule has 2 atom stereocenters. The molecule has 32 heavy (non-hydrogen) atoms. The van der Waals surface area contributed by atoms with Gasteiger partial charge in [0.05, 0.1) is 11.2 Å². The van der Waals surface area contributed by atoms with Crippen LogP contribution in [-0.2, 0) is 4.79 Å². The largest absolute Gasteiger partial charge is 0.485 e. The lowest BCUT2D eigenvalue weighted by Gasteiger charge is -2.50. The molecule has 166 valence electrons. The molecule has 2 aliphatic rings. The Bertz CT molecular complexity index is 1260. The molecule has 0 fully saturated rings. The van der Waals surface area contributed by atoms with Crippen LogP contribution in [0.2, 0.25) is 0 Å². The monoisotopic (exact) mass is 430 g/mol. The van der Waals surface area contributed by atoms with Crippen molar-refractivity contribution >= 4 is 28.4 Å². The summed E-state index contributed by atoms with van der Waals surface area (Å²) < 4.78 is 8.47. The molecule has 2 aromatic carbocycles. The van der Waals surface area contributed by atoms with Crippen LogP contribution >= 0.6 is 0 Å². The van der Waals surface area contributed by atoms with Crippen molar-refractivity contribution < 1.29 is 14.3 Å². The number of carbonyl (C=O) groups excluding carboxylic acids is 2. The van der Waals surface area contributed by atoms with Crippen molar-refractivity contribution in [3.8, 4) is 5.75 Å². The van der Waals surface area contributed by atoms with Gasteiger partial charge in [-0.2, -0.15) is 0 Å². The summed E-state index contributed by atoms with van der Waals surface area (Å²) >= 11 is 0. The van der Waals surface area contributed by atoms with E-state index in [1.165, 1.54) is 0 Å². The third-order valence-electron chi connectivity index (χ3n) is 6.96. The van der Waals surface area contributed by atoms with Gasteiger partial charge in [0.25, 0.3) is 0 Å². The first-order valence-corrected chi connectivity index (χ1v) is 11.3. The van der Waals surface area contributed by atoms with Crippen LogP contribution in [0.5, 0.6) is 5.75 Å². The van der Waals surface area contributed by atoms with Crippen LogP contribution in [-0.4, -0.2) is 28.5 Å². The first-order valence-electron chi connectivity index (χ1n) is 11.3. The van der Waals surface area contributed by atoms with Gasteiger partial charge in [0.1, 0.15) is 11.4 Å². The maximum absolute atomic E-state index is 13.5. The van der Waals surface area contributed by atoms with Gasteiger partial charge in [-0.15, -0.1) is 0 Å². The quantitative estimate of drug-likeness (QED) is 0.466. The Hall–Kier alpha value is -3.08. The molecule has 0 unspecified atom stereocenters. The number of ether oxygens (including phenoxy) is 1. The van der Waals surface area contributed by atoms with E-state index < -0.39 is 11.0 Å². The lowest BCUT2D eigenvalue weighted by Crippen LogP contribution is -2.55. The van der Waals surface area contributed by atoms with Crippen molar-refractivity contribution in [2.45, 2.75) is 53.1 Å². The van der Waals surface area contributed by atoms with Gasteiger partial charge in [-0.3, -0.25) is 14.2 Å². The zero-order valence-electron chi connectivity index (χ0n) is 19.6. The first kappa shape index (κ1) is 20.8. The van der Waals surface area contributed by atoms with Crippen LogP contribution in [0.3, 0.4) is 0 Å². The molecule has 5 nitrogen and oxygen atoms in total. The Balaban J connectivity index is 1.83. The lowest BCUT2D eigenvalue weighted by atomic mass is 9.69. The van der Waals surface area contributed by atoms with Gasteiger partial charge in [-0.25, -0.2) is 0 Å². The number of hydrogen-bond donors (Lipinski definition) is 0. The normalized spacial score (nSPS) is 21.4. The second-order valence-corrected chi connectivity index (χ2v) is 10.6. The molecule has 5 rings (SSSR count). The maximum atomic E-state index is 13.5. The van der Waals surface area contributed by atoms with E-state index in [1.807, 2.05) is 72.7 Å². The molecule has 5 heteroatoms. The third-order valence-corrected chi connectivity index (χ3v) is 6.96. The highest BCUT2D eigenvalue weighted by molar-refractivity contribution is 6.00. The van der Waals surface area contributed by atoms with Crippen LogP contribution in [0.4, 0.5) is 5.69 Å². The molecule has 0 radical (unpaired) electrons. The number of fused-ring (bicyclic) bond motifs is 7. The van der Waals surface area contributed by atoms with Crippen LogP contribution in [0.15, 0.2) is 48.5 Å². The maximum Gasteiger partial charge on any atom is 0.232 e. The number of amides is 1. The molecular weight excluding hydrogens is 400 g/mol. The van der Waals surface area contributed by atoms with Crippen molar-refractivity contribution in [1.82, 2.24) is 4.57 Å². The Morgan fingerprint density at radius 2 is 1.69 bits per heavy atom. The molecule has 3 aromatic rings. The van der Waals surface area contributed by atoms with E-state index in [-0.39, 0.29) is 23.7 Å². The summed E-state index contributed by atoms with van der Waals surface area (Å²) in [6.45, 7) is 12.2. The number of aromatic nitrogens is 1. The summed E-state index contributed by atoms with van der Waals surface area (Å²) in [6.07, 6.45) is 0. The fraction of sp³-hybridized carbons (Fsp3) is 0.407. The minimum atomic E-state index is -0.520. The predicted molar refractivity (Wildman–Crippen MR) is 127 cm³/mol. The lowest BCUT2D eigenvalue weighted by molar-refractivity contribution is -0.126. The van der Waals surface area contributed by atoms with Gasteiger partial charge < -0.3 is 9.64 Å². The zero-order chi connectivity index (χ0) is 23.0. The molecule has 0 bridgehead atoms.